The molecule has 0 bridgehead atoms. The van der Waals surface area contributed by atoms with Crippen LogP contribution in [-0.2, 0) is 16.6 Å². The Bertz CT molecular complexity index is 1530. The summed E-state index contributed by atoms with van der Waals surface area (Å²) in [5.74, 6) is 1.09. The number of fused-ring (bicyclic) bond motifs is 1. The molecule has 184 valence electrons. The van der Waals surface area contributed by atoms with Gasteiger partial charge >= 0.3 is 4.87 Å². The lowest BCUT2D eigenvalue weighted by molar-refractivity contribution is 0.354. The fourth-order valence-electron chi connectivity index (χ4n) is 3.87. The summed E-state index contributed by atoms with van der Waals surface area (Å²) in [5, 5.41) is 0.572. The smallest absolute Gasteiger partial charge is 0.308 e. The summed E-state index contributed by atoms with van der Waals surface area (Å²) in [6.45, 7) is 2.20. The van der Waals surface area contributed by atoms with Crippen LogP contribution in [0.15, 0.2) is 70.4 Å². The summed E-state index contributed by atoms with van der Waals surface area (Å²) in [7, 11) is -0.785. The van der Waals surface area contributed by atoms with E-state index >= 15 is 0 Å². The molecule has 0 amide bonds. The number of hydrogen-bond acceptors (Lipinski definition) is 6. The molecule has 1 N–H and O–H groups in total. The number of nitrogens with zero attached hydrogens (tertiary/aromatic N) is 1. The normalized spacial score (nSPS) is 12.6. The number of sulfonamides is 1. The maximum atomic E-state index is 13.3. The molecular weight excluding hydrogens is 508 g/mol. The Labute approximate surface area is 212 Å². The molecule has 0 aliphatic rings. The molecule has 0 unspecified atom stereocenters. The first-order chi connectivity index (χ1) is 16.8. The average Bonchev–Trinajstić information content (AvgIpc) is 3.17. The van der Waals surface area contributed by atoms with Crippen LogP contribution in [0.4, 0.5) is 0 Å². The minimum atomic E-state index is -3.86. The van der Waals surface area contributed by atoms with Crippen molar-refractivity contribution in [1.29, 1.82) is 0 Å². The van der Waals surface area contributed by atoms with Gasteiger partial charge in [-0.3, -0.25) is 9.36 Å². The molecule has 0 fully saturated rings. The van der Waals surface area contributed by atoms with Crippen LogP contribution in [-0.4, -0.2) is 27.2 Å². The zero-order valence-electron chi connectivity index (χ0n) is 19.4. The second kappa shape index (κ2) is 10.4. The highest BCUT2D eigenvalue weighted by atomic mass is 35.5. The third kappa shape index (κ3) is 5.23. The number of hydrogen-bond donors (Lipinski definition) is 1. The lowest BCUT2D eigenvalue weighted by Crippen LogP contribution is -2.28. The Morgan fingerprint density at radius 2 is 1.77 bits per heavy atom. The first kappa shape index (κ1) is 25.2. The van der Waals surface area contributed by atoms with E-state index in [1.165, 1.54) is 19.2 Å². The van der Waals surface area contributed by atoms with Gasteiger partial charge in [-0.1, -0.05) is 54.1 Å². The number of halogens is 1. The van der Waals surface area contributed by atoms with Gasteiger partial charge < -0.3 is 9.47 Å². The van der Waals surface area contributed by atoms with Crippen LogP contribution in [0.25, 0.3) is 10.2 Å². The van der Waals surface area contributed by atoms with Crippen molar-refractivity contribution in [2.75, 3.05) is 14.2 Å². The number of nitrogens with one attached hydrogen (secondary N) is 1. The van der Waals surface area contributed by atoms with Gasteiger partial charge in [0.15, 0.2) is 11.5 Å². The molecule has 0 spiro atoms. The Morgan fingerprint density at radius 3 is 2.46 bits per heavy atom. The van der Waals surface area contributed by atoms with Crippen LogP contribution < -0.4 is 19.1 Å². The number of rotatable bonds is 9. The number of thiazole rings is 1. The molecule has 35 heavy (non-hydrogen) atoms. The Balaban J connectivity index is 1.64. The Kier molecular flexibility index (Phi) is 7.51. The molecule has 0 saturated carbocycles. The quantitative estimate of drug-likeness (QED) is 0.320. The number of benzene rings is 3. The molecule has 0 aliphatic heterocycles. The first-order valence-corrected chi connectivity index (χ1v) is 13.6. The molecule has 1 heterocycles. The fourth-order valence-corrected chi connectivity index (χ4v) is 6.41. The predicted octanol–water partition coefficient (Wildman–Crippen LogP) is 5.21. The lowest BCUT2D eigenvalue weighted by Gasteiger charge is -2.19. The van der Waals surface area contributed by atoms with Gasteiger partial charge in [0.1, 0.15) is 0 Å². The van der Waals surface area contributed by atoms with Crippen molar-refractivity contribution in [2.45, 2.75) is 30.8 Å². The molecule has 4 aromatic rings. The van der Waals surface area contributed by atoms with Crippen LogP contribution in [0.5, 0.6) is 11.5 Å². The third-order valence-electron chi connectivity index (χ3n) is 5.75. The minimum absolute atomic E-state index is 0.0927. The predicted molar refractivity (Wildman–Crippen MR) is 140 cm³/mol. The van der Waals surface area contributed by atoms with Gasteiger partial charge in [0.2, 0.25) is 10.0 Å². The SMILES string of the molecule is CC[C@H](NS(=O)(=O)c1ccc2c(c1)sc(=O)n2Cc1ccccc1Cl)c1ccc(OC)c(OC)c1. The summed E-state index contributed by atoms with van der Waals surface area (Å²) < 4.78 is 42.1. The van der Waals surface area contributed by atoms with E-state index in [9.17, 15) is 13.2 Å². The third-order valence-corrected chi connectivity index (χ3v) is 8.53. The van der Waals surface area contributed by atoms with Crippen molar-refractivity contribution >= 4 is 43.2 Å². The van der Waals surface area contributed by atoms with E-state index in [-0.39, 0.29) is 9.77 Å². The van der Waals surface area contributed by atoms with Crippen molar-refractivity contribution in [3.8, 4) is 11.5 Å². The molecule has 10 heteroatoms. The average molecular weight is 533 g/mol. The van der Waals surface area contributed by atoms with Crippen LogP contribution in [0, 0.1) is 0 Å². The molecule has 4 rings (SSSR count). The van der Waals surface area contributed by atoms with E-state index in [1.54, 1.807) is 35.9 Å². The molecule has 3 aromatic carbocycles. The first-order valence-electron chi connectivity index (χ1n) is 10.9. The van der Waals surface area contributed by atoms with Gasteiger partial charge in [0.25, 0.3) is 0 Å². The summed E-state index contributed by atoms with van der Waals surface area (Å²) in [4.78, 5) is 12.6. The van der Waals surface area contributed by atoms with Gasteiger partial charge in [-0.15, -0.1) is 0 Å². The van der Waals surface area contributed by atoms with E-state index < -0.39 is 16.1 Å². The monoisotopic (exact) mass is 532 g/mol. The van der Waals surface area contributed by atoms with E-state index in [1.807, 2.05) is 31.2 Å². The second-order valence-corrected chi connectivity index (χ2v) is 11.0. The van der Waals surface area contributed by atoms with Crippen LogP contribution in [0.1, 0.15) is 30.5 Å². The van der Waals surface area contributed by atoms with Crippen LogP contribution >= 0.6 is 22.9 Å². The number of aromatic nitrogens is 1. The highest BCUT2D eigenvalue weighted by Crippen LogP contribution is 2.32. The van der Waals surface area contributed by atoms with E-state index in [0.717, 1.165) is 22.5 Å². The van der Waals surface area contributed by atoms with Gasteiger partial charge in [-0.2, -0.15) is 0 Å². The van der Waals surface area contributed by atoms with E-state index in [2.05, 4.69) is 4.72 Å². The molecule has 0 saturated heterocycles. The molecule has 0 aliphatic carbocycles. The molecule has 1 aromatic heterocycles. The summed E-state index contributed by atoms with van der Waals surface area (Å²) in [6.07, 6.45) is 0.526. The summed E-state index contributed by atoms with van der Waals surface area (Å²) in [5.41, 5.74) is 2.23. The van der Waals surface area contributed by atoms with E-state index in [0.29, 0.717) is 39.7 Å². The zero-order valence-corrected chi connectivity index (χ0v) is 21.8. The van der Waals surface area contributed by atoms with Crippen molar-refractivity contribution in [1.82, 2.24) is 9.29 Å². The maximum absolute atomic E-state index is 13.3. The van der Waals surface area contributed by atoms with Crippen molar-refractivity contribution in [3.63, 3.8) is 0 Å². The summed E-state index contributed by atoms with van der Waals surface area (Å²) >= 11 is 7.27. The van der Waals surface area contributed by atoms with Crippen LogP contribution in [0.3, 0.4) is 0 Å². The molecule has 7 nitrogen and oxygen atoms in total. The molecular formula is C25H25ClN2O5S2. The second-order valence-electron chi connectivity index (χ2n) is 7.87. The van der Waals surface area contributed by atoms with Crippen molar-refractivity contribution in [3.05, 3.63) is 86.5 Å². The zero-order chi connectivity index (χ0) is 25.2. The van der Waals surface area contributed by atoms with Gasteiger partial charge in [-0.05, 0) is 53.9 Å². The topological polar surface area (TPSA) is 86.6 Å². The van der Waals surface area contributed by atoms with E-state index in [4.69, 9.17) is 21.1 Å². The molecule has 1 atom stereocenters. The van der Waals surface area contributed by atoms with Gasteiger partial charge in [0, 0.05) is 11.1 Å². The lowest BCUT2D eigenvalue weighted by atomic mass is 10.1. The highest BCUT2D eigenvalue weighted by molar-refractivity contribution is 7.89. The highest BCUT2D eigenvalue weighted by Gasteiger charge is 2.23. The number of ether oxygens (including phenoxy) is 2. The Morgan fingerprint density at radius 1 is 1.03 bits per heavy atom. The minimum Gasteiger partial charge on any atom is -0.493 e. The van der Waals surface area contributed by atoms with Crippen molar-refractivity contribution < 1.29 is 17.9 Å². The van der Waals surface area contributed by atoms with Gasteiger partial charge in [-0.25, -0.2) is 13.1 Å². The number of methoxy groups -OCH3 is 2. The van der Waals surface area contributed by atoms with Crippen molar-refractivity contribution in [2.24, 2.45) is 0 Å². The molecule has 0 radical (unpaired) electrons. The Hall–Kier alpha value is -2.85. The standard InChI is InChI=1S/C25H25ClN2O5S2/c1-4-20(16-9-12-22(32-2)23(13-16)33-3)27-35(30,31)18-10-11-21-24(14-18)34-25(29)28(21)15-17-7-5-6-8-19(17)26/h5-14,20,27H,4,15H2,1-3H3/t20-/m0/s1. The van der Waals surface area contributed by atoms with Crippen LogP contribution in [0.2, 0.25) is 5.02 Å². The fraction of sp³-hybridized carbons (Fsp3) is 0.240. The maximum Gasteiger partial charge on any atom is 0.308 e. The largest absolute Gasteiger partial charge is 0.493 e. The van der Waals surface area contributed by atoms with Gasteiger partial charge in [0.05, 0.1) is 35.9 Å². The summed E-state index contributed by atoms with van der Waals surface area (Å²) in [6, 6.07) is 16.9.